The average molecular weight is 500 g/mol. The fraction of sp³-hybridized carbons (Fsp3) is 0.407. The molecule has 9 heteroatoms. The van der Waals surface area contributed by atoms with E-state index >= 15 is 0 Å². The van der Waals surface area contributed by atoms with Crippen LogP contribution in [-0.2, 0) is 12.7 Å². The number of rotatable bonds is 6. The summed E-state index contributed by atoms with van der Waals surface area (Å²) in [7, 11) is 0. The average Bonchev–Trinajstić information content (AvgIpc) is 3.42. The number of urea groups is 1. The first kappa shape index (κ1) is 25.8. The molecule has 36 heavy (non-hydrogen) atoms. The van der Waals surface area contributed by atoms with E-state index in [-0.39, 0.29) is 12.6 Å². The van der Waals surface area contributed by atoms with Crippen LogP contribution in [0.3, 0.4) is 0 Å². The number of hydrazone groups is 1. The Morgan fingerprint density at radius 1 is 1.00 bits per heavy atom. The highest BCUT2D eigenvalue weighted by molar-refractivity contribution is 5.78. The zero-order valence-corrected chi connectivity index (χ0v) is 20.5. The van der Waals surface area contributed by atoms with Crippen LogP contribution >= 0.6 is 0 Å². The van der Waals surface area contributed by atoms with E-state index < -0.39 is 11.7 Å². The van der Waals surface area contributed by atoms with Gasteiger partial charge in [0.25, 0.3) is 0 Å². The predicted molar refractivity (Wildman–Crippen MR) is 137 cm³/mol. The second kappa shape index (κ2) is 11.2. The van der Waals surface area contributed by atoms with E-state index in [1.165, 1.54) is 17.1 Å². The van der Waals surface area contributed by atoms with Crippen molar-refractivity contribution in [1.82, 2.24) is 14.8 Å². The van der Waals surface area contributed by atoms with E-state index in [4.69, 9.17) is 0 Å². The van der Waals surface area contributed by atoms with Crippen LogP contribution in [0, 0.1) is 0 Å². The molecule has 2 aliphatic heterocycles. The van der Waals surface area contributed by atoms with Gasteiger partial charge < -0.3 is 9.80 Å². The van der Waals surface area contributed by atoms with Crippen molar-refractivity contribution in [2.24, 2.45) is 5.10 Å². The number of hydrogen-bond acceptors (Lipinski definition) is 4. The van der Waals surface area contributed by atoms with Crippen LogP contribution < -0.4 is 4.90 Å². The Morgan fingerprint density at radius 2 is 1.67 bits per heavy atom. The van der Waals surface area contributed by atoms with Crippen molar-refractivity contribution in [2.75, 3.05) is 44.2 Å². The number of carbonyl (C=O) groups is 1. The normalized spacial score (nSPS) is 17.4. The van der Waals surface area contributed by atoms with Crippen LogP contribution in [0.15, 0.2) is 59.8 Å². The Labute approximate surface area is 210 Å². The molecule has 0 N–H and O–H groups in total. The minimum atomic E-state index is -4.41. The van der Waals surface area contributed by atoms with Crippen LogP contribution in [0.25, 0.3) is 5.57 Å². The molecule has 2 saturated heterocycles. The fourth-order valence-corrected chi connectivity index (χ4v) is 4.84. The molecular weight excluding hydrogens is 467 g/mol. The van der Waals surface area contributed by atoms with Crippen molar-refractivity contribution in [1.29, 1.82) is 0 Å². The number of halogens is 3. The van der Waals surface area contributed by atoms with Crippen LogP contribution in [0.1, 0.15) is 36.5 Å². The minimum absolute atomic E-state index is 0.194. The molecule has 0 unspecified atom stereocenters. The number of amides is 2. The first-order valence-electron chi connectivity index (χ1n) is 12.2. The van der Waals surface area contributed by atoms with Gasteiger partial charge in [0.2, 0.25) is 0 Å². The van der Waals surface area contributed by atoms with Gasteiger partial charge in [-0.2, -0.15) is 23.3 Å². The lowest BCUT2D eigenvalue weighted by Crippen LogP contribution is -2.50. The molecule has 2 aromatic rings. The second-order valence-corrected chi connectivity index (χ2v) is 9.21. The summed E-state index contributed by atoms with van der Waals surface area (Å²) in [5, 5.41) is 5.11. The molecule has 0 saturated carbocycles. The second-order valence-electron chi connectivity index (χ2n) is 9.21. The van der Waals surface area contributed by atoms with Crippen molar-refractivity contribution in [3.8, 4) is 0 Å². The molecule has 2 aliphatic rings. The van der Waals surface area contributed by atoms with Crippen LogP contribution in [-0.4, -0.2) is 66.8 Å². The number of alkyl halides is 3. The van der Waals surface area contributed by atoms with Gasteiger partial charge >= 0.3 is 12.2 Å². The zero-order valence-electron chi connectivity index (χ0n) is 20.5. The summed E-state index contributed by atoms with van der Waals surface area (Å²) in [5.41, 5.74) is 2.26. The number of anilines is 1. The molecule has 0 aromatic heterocycles. The van der Waals surface area contributed by atoms with Crippen molar-refractivity contribution < 1.29 is 18.0 Å². The maximum atomic E-state index is 13.9. The van der Waals surface area contributed by atoms with Crippen molar-refractivity contribution >= 4 is 24.0 Å². The van der Waals surface area contributed by atoms with Gasteiger partial charge in [-0.3, -0.25) is 4.90 Å². The SMILES string of the molecule is C=NN(/C=C(\C)c1ccccc1)C(=O)N1CCN(Cc2c(N3CCCC3)cccc2C(F)(F)F)CC1. The van der Waals surface area contributed by atoms with Gasteiger partial charge in [0, 0.05) is 70.0 Å². The summed E-state index contributed by atoms with van der Waals surface area (Å²) >= 11 is 0. The molecule has 2 heterocycles. The van der Waals surface area contributed by atoms with Gasteiger partial charge in [0.15, 0.2) is 0 Å². The quantitative estimate of drug-likeness (QED) is 0.388. The molecule has 192 valence electrons. The molecule has 0 atom stereocenters. The van der Waals surface area contributed by atoms with E-state index in [0.717, 1.165) is 37.1 Å². The first-order chi connectivity index (χ1) is 17.3. The van der Waals surface area contributed by atoms with E-state index in [2.05, 4.69) is 16.7 Å². The lowest BCUT2D eigenvalue weighted by molar-refractivity contribution is -0.138. The van der Waals surface area contributed by atoms with Gasteiger partial charge in [0.1, 0.15) is 0 Å². The third-order valence-electron chi connectivity index (χ3n) is 6.82. The lowest BCUT2D eigenvalue weighted by Gasteiger charge is -2.37. The summed E-state index contributed by atoms with van der Waals surface area (Å²) in [5.74, 6) is 0. The largest absolute Gasteiger partial charge is 0.416 e. The maximum absolute atomic E-state index is 13.9. The molecule has 0 radical (unpaired) electrons. The third-order valence-corrected chi connectivity index (χ3v) is 6.82. The van der Waals surface area contributed by atoms with Crippen LogP contribution in [0.4, 0.5) is 23.7 Å². The number of benzene rings is 2. The monoisotopic (exact) mass is 499 g/mol. The molecule has 0 aliphatic carbocycles. The van der Waals surface area contributed by atoms with Gasteiger partial charge in [0.05, 0.1) is 5.56 Å². The first-order valence-corrected chi connectivity index (χ1v) is 12.2. The molecule has 0 bridgehead atoms. The predicted octanol–water partition coefficient (Wildman–Crippen LogP) is 5.52. The number of allylic oxidation sites excluding steroid dienone is 1. The smallest absolute Gasteiger partial charge is 0.371 e. The number of nitrogens with zero attached hydrogens (tertiary/aromatic N) is 5. The molecular formula is C27H32F3N5O. The van der Waals surface area contributed by atoms with E-state index in [0.29, 0.717) is 37.4 Å². The Hall–Kier alpha value is -3.33. The van der Waals surface area contributed by atoms with Crippen molar-refractivity contribution in [2.45, 2.75) is 32.5 Å². The van der Waals surface area contributed by atoms with Gasteiger partial charge in [-0.1, -0.05) is 36.4 Å². The molecule has 2 aromatic carbocycles. The van der Waals surface area contributed by atoms with E-state index in [1.54, 1.807) is 17.2 Å². The summed E-state index contributed by atoms with van der Waals surface area (Å²) in [6, 6.07) is 13.8. The Kier molecular flexibility index (Phi) is 7.98. The Balaban J connectivity index is 1.44. The van der Waals surface area contributed by atoms with Gasteiger partial charge in [-0.25, -0.2) is 4.79 Å². The van der Waals surface area contributed by atoms with Crippen molar-refractivity contribution in [3.05, 3.63) is 71.4 Å². The van der Waals surface area contributed by atoms with E-state index in [1.807, 2.05) is 42.2 Å². The standard InChI is InChI=1S/C27H32F3N5O/c1-21(22-9-4-3-5-10-22)19-35(31-2)26(36)34-17-15-32(16-18-34)20-23-24(27(28,29)30)11-8-12-25(23)33-13-6-7-14-33/h3-5,8-12,19H,2,6-7,13-18,20H2,1H3/b21-19+. The highest BCUT2D eigenvalue weighted by Gasteiger charge is 2.36. The fourth-order valence-electron chi connectivity index (χ4n) is 4.84. The highest BCUT2D eigenvalue weighted by atomic mass is 19.4. The molecule has 4 rings (SSSR count). The number of carbonyl (C=O) groups excluding carboxylic acids is 1. The summed E-state index contributed by atoms with van der Waals surface area (Å²) in [6.07, 6.45) is -0.786. The van der Waals surface area contributed by atoms with Gasteiger partial charge in [-0.05, 0) is 43.0 Å². The zero-order chi connectivity index (χ0) is 25.7. The maximum Gasteiger partial charge on any atom is 0.416 e. The molecule has 6 nitrogen and oxygen atoms in total. The van der Waals surface area contributed by atoms with Crippen molar-refractivity contribution in [3.63, 3.8) is 0 Å². The summed E-state index contributed by atoms with van der Waals surface area (Å²) in [6.45, 7) is 8.93. The molecule has 2 fully saturated rings. The van der Waals surface area contributed by atoms with Crippen LogP contribution in [0.5, 0.6) is 0 Å². The third kappa shape index (κ3) is 5.90. The highest BCUT2D eigenvalue weighted by Crippen LogP contribution is 2.38. The van der Waals surface area contributed by atoms with Gasteiger partial charge in [-0.15, -0.1) is 0 Å². The Morgan fingerprint density at radius 3 is 2.28 bits per heavy atom. The van der Waals surface area contributed by atoms with E-state index in [9.17, 15) is 18.0 Å². The minimum Gasteiger partial charge on any atom is -0.371 e. The van der Waals surface area contributed by atoms with Crippen LogP contribution in [0.2, 0.25) is 0 Å². The topological polar surface area (TPSA) is 42.4 Å². The lowest BCUT2D eigenvalue weighted by atomic mass is 10.0. The summed E-state index contributed by atoms with van der Waals surface area (Å²) < 4.78 is 41.6. The summed E-state index contributed by atoms with van der Waals surface area (Å²) in [4.78, 5) is 18.8. The number of hydrogen-bond donors (Lipinski definition) is 0. The Bertz CT molecular complexity index is 1090. The molecule has 2 amide bonds. The molecule has 0 spiro atoms. The number of piperazine rings is 1.